The van der Waals surface area contributed by atoms with Crippen LogP contribution < -0.4 is 0 Å². The lowest BCUT2D eigenvalue weighted by Gasteiger charge is -2.17. The molecule has 0 saturated heterocycles. The van der Waals surface area contributed by atoms with Crippen LogP contribution in [0.15, 0.2) is 22.7 Å². The number of rotatable bonds is 4. The van der Waals surface area contributed by atoms with Crippen LogP contribution >= 0.6 is 15.9 Å². The van der Waals surface area contributed by atoms with Gasteiger partial charge in [0.05, 0.1) is 12.0 Å². The number of hydrogen-bond acceptors (Lipinski definition) is 2. The third-order valence-corrected chi connectivity index (χ3v) is 3.22. The van der Waals surface area contributed by atoms with Crippen LogP contribution in [0.2, 0.25) is 0 Å². The Balaban J connectivity index is 2.97. The second kappa shape index (κ2) is 6.25. The first-order valence-corrected chi connectivity index (χ1v) is 6.26. The van der Waals surface area contributed by atoms with Gasteiger partial charge in [0.2, 0.25) is 0 Å². The number of alkyl halides is 3. The molecule has 20 heavy (non-hydrogen) atoms. The summed E-state index contributed by atoms with van der Waals surface area (Å²) in [4.78, 5) is 23.4. The zero-order chi connectivity index (χ0) is 15.5. The Morgan fingerprint density at radius 1 is 1.35 bits per heavy atom. The van der Waals surface area contributed by atoms with E-state index in [-0.39, 0.29) is 23.0 Å². The van der Waals surface area contributed by atoms with Gasteiger partial charge in [-0.15, -0.1) is 0 Å². The van der Waals surface area contributed by atoms with Crippen molar-refractivity contribution in [3.8, 4) is 0 Å². The average molecular weight is 354 g/mol. The maximum atomic E-state index is 12.7. The Morgan fingerprint density at radius 2 is 1.95 bits per heavy atom. The highest BCUT2D eigenvalue weighted by atomic mass is 79.9. The SMILES string of the molecule is CN(CCC(=O)O)C(=O)c1ccc(Br)c(C(F)(F)F)c1. The molecule has 0 spiro atoms. The van der Waals surface area contributed by atoms with E-state index in [0.717, 1.165) is 17.0 Å². The summed E-state index contributed by atoms with van der Waals surface area (Å²) < 4.78 is 38.0. The van der Waals surface area contributed by atoms with Gasteiger partial charge in [-0.1, -0.05) is 15.9 Å². The van der Waals surface area contributed by atoms with Crippen LogP contribution in [-0.4, -0.2) is 35.5 Å². The molecule has 1 rings (SSSR count). The molecule has 1 N–H and O–H groups in total. The quantitative estimate of drug-likeness (QED) is 0.905. The smallest absolute Gasteiger partial charge is 0.417 e. The molecule has 0 atom stereocenters. The highest BCUT2D eigenvalue weighted by molar-refractivity contribution is 9.10. The van der Waals surface area contributed by atoms with Crippen molar-refractivity contribution in [2.75, 3.05) is 13.6 Å². The number of nitrogens with zero attached hydrogens (tertiary/aromatic N) is 1. The van der Waals surface area contributed by atoms with Crippen molar-refractivity contribution < 1.29 is 27.9 Å². The Labute approximate surface area is 121 Å². The molecular weight excluding hydrogens is 343 g/mol. The van der Waals surface area contributed by atoms with E-state index in [9.17, 15) is 22.8 Å². The highest BCUT2D eigenvalue weighted by Gasteiger charge is 2.33. The third-order valence-electron chi connectivity index (χ3n) is 2.53. The molecule has 110 valence electrons. The zero-order valence-corrected chi connectivity index (χ0v) is 12.0. The van der Waals surface area contributed by atoms with E-state index in [1.54, 1.807) is 0 Å². The van der Waals surface area contributed by atoms with Crippen LogP contribution in [0, 0.1) is 0 Å². The lowest BCUT2D eigenvalue weighted by Crippen LogP contribution is -2.29. The van der Waals surface area contributed by atoms with Gasteiger partial charge >= 0.3 is 12.1 Å². The number of aliphatic carboxylic acids is 1. The monoisotopic (exact) mass is 353 g/mol. The normalized spacial score (nSPS) is 11.2. The molecule has 0 unspecified atom stereocenters. The summed E-state index contributed by atoms with van der Waals surface area (Å²) >= 11 is 2.78. The van der Waals surface area contributed by atoms with Crippen LogP contribution in [0.3, 0.4) is 0 Å². The van der Waals surface area contributed by atoms with Crippen LogP contribution in [0.5, 0.6) is 0 Å². The van der Waals surface area contributed by atoms with Crippen molar-refractivity contribution in [2.24, 2.45) is 0 Å². The first-order valence-electron chi connectivity index (χ1n) is 5.47. The molecule has 0 heterocycles. The summed E-state index contributed by atoms with van der Waals surface area (Å²) in [6.45, 7) is -0.0778. The minimum absolute atomic E-state index is 0.0778. The highest BCUT2D eigenvalue weighted by Crippen LogP contribution is 2.35. The van der Waals surface area contributed by atoms with Gasteiger partial charge in [0.15, 0.2) is 0 Å². The first kappa shape index (κ1) is 16.5. The molecule has 8 heteroatoms. The molecular formula is C12H11BrF3NO3. The van der Waals surface area contributed by atoms with Crippen LogP contribution in [0.4, 0.5) is 13.2 Å². The van der Waals surface area contributed by atoms with Gasteiger partial charge in [0, 0.05) is 23.6 Å². The number of halogens is 4. The minimum Gasteiger partial charge on any atom is -0.481 e. The van der Waals surface area contributed by atoms with E-state index in [4.69, 9.17) is 5.11 Å². The Hall–Kier alpha value is -1.57. The predicted octanol–water partition coefficient (Wildman–Crippen LogP) is 3.01. The van der Waals surface area contributed by atoms with Gasteiger partial charge < -0.3 is 10.0 Å². The van der Waals surface area contributed by atoms with Gasteiger partial charge in [0.1, 0.15) is 0 Å². The van der Waals surface area contributed by atoms with E-state index in [1.807, 2.05) is 0 Å². The summed E-state index contributed by atoms with van der Waals surface area (Å²) in [5.41, 5.74) is -1.09. The second-order valence-electron chi connectivity index (χ2n) is 4.06. The van der Waals surface area contributed by atoms with Crippen LogP contribution in [0.25, 0.3) is 0 Å². The maximum absolute atomic E-state index is 12.7. The average Bonchev–Trinajstić information content (AvgIpc) is 2.34. The molecule has 0 aliphatic carbocycles. The molecule has 0 radical (unpaired) electrons. The van der Waals surface area contributed by atoms with Gasteiger partial charge in [-0.3, -0.25) is 9.59 Å². The molecule has 0 fully saturated rings. The number of carbonyl (C=O) groups is 2. The molecule has 1 aromatic rings. The third kappa shape index (κ3) is 4.22. The molecule has 0 aliphatic heterocycles. The maximum Gasteiger partial charge on any atom is 0.417 e. The topological polar surface area (TPSA) is 57.6 Å². The molecule has 1 aromatic carbocycles. The zero-order valence-electron chi connectivity index (χ0n) is 10.4. The van der Waals surface area contributed by atoms with Gasteiger partial charge in [-0.2, -0.15) is 13.2 Å². The number of carboxylic acids is 1. The fraction of sp³-hybridized carbons (Fsp3) is 0.333. The van der Waals surface area contributed by atoms with Crippen LogP contribution in [-0.2, 0) is 11.0 Å². The predicted molar refractivity (Wildman–Crippen MR) is 68.4 cm³/mol. The van der Waals surface area contributed by atoms with Crippen molar-refractivity contribution in [3.05, 3.63) is 33.8 Å². The molecule has 0 aliphatic rings. The minimum atomic E-state index is -4.57. The molecule has 0 aromatic heterocycles. The fourth-order valence-electron chi connectivity index (χ4n) is 1.46. The van der Waals surface area contributed by atoms with Crippen molar-refractivity contribution in [3.63, 3.8) is 0 Å². The second-order valence-corrected chi connectivity index (χ2v) is 4.92. The molecule has 0 saturated carbocycles. The summed E-state index contributed by atoms with van der Waals surface area (Å²) in [6, 6.07) is 3.13. The van der Waals surface area contributed by atoms with Crippen LogP contribution in [0.1, 0.15) is 22.3 Å². The number of carbonyl (C=O) groups excluding carboxylic acids is 1. The lowest BCUT2D eigenvalue weighted by molar-refractivity contribution is -0.138. The van der Waals surface area contributed by atoms with Crippen molar-refractivity contribution in [1.29, 1.82) is 0 Å². The van der Waals surface area contributed by atoms with Crippen molar-refractivity contribution in [1.82, 2.24) is 4.90 Å². The Bertz CT molecular complexity index is 531. The Kier molecular flexibility index (Phi) is 5.15. The number of carboxylic acid groups (broad SMARTS) is 1. The van der Waals surface area contributed by atoms with E-state index in [1.165, 1.54) is 13.1 Å². The number of benzene rings is 1. The van der Waals surface area contributed by atoms with E-state index in [0.29, 0.717) is 0 Å². The largest absolute Gasteiger partial charge is 0.481 e. The summed E-state index contributed by atoms with van der Waals surface area (Å²) in [5, 5.41) is 8.51. The van der Waals surface area contributed by atoms with Gasteiger partial charge in [-0.05, 0) is 18.2 Å². The standard InChI is InChI=1S/C12H11BrF3NO3/c1-17(5-4-10(18)19)11(20)7-2-3-9(13)8(6-7)12(14,15)16/h2-3,6H,4-5H2,1H3,(H,18,19). The summed E-state index contributed by atoms with van der Waals surface area (Å²) in [5.74, 6) is -1.75. The van der Waals surface area contributed by atoms with E-state index in [2.05, 4.69) is 15.9 Å². The van der Waals surface area contributed by atoms with Gasteiger partial charge in [0.25, 0.3) is 5.91 Å². The Morgan fingerprint density at radius 3 is 2.45 bits per heavy atom. The van der Waals surface area contributed by atoms with E-state index >= 15 is 0 Å². The first-order chi connectivity index (χ1) is 9.12. The molecule has 1 amide bonds. The molecule has 0 bridgehead atoms. The van der Waals surface area contributed by atoms with Gasteiger partial charge in [-0.25, -0.2) is 0 Å². The number of amides is 1. The number of hydrogen-bond donors (Lipinski definition) is 1. The lowest BCUT2D eigenvalue weighted by atomic mass is 10.1. The summed E-state index contributed by atoms with van der Waals surface area (Å²) in [7, 11) is 1.33. The van der Waals surface area contributed by atoms with Crippen molar-refractivity contribution in [2.45, 2.75) is 12.6 Å². The fourth-order valence-corrected chi connectivity index (χ4v) is 1.93. The van der Waals surface area contributed by atoms with Crippen molar-refractivity contribution >= 4 is 27.8 Å². The van der Waals surface area contributed by atoms with E-state index < -0.39 is 23.6 Å². The summed E-state index contributed by atoms with van der Waals surface area (Å²) in [6.07, 6.45) is -4.85. The molecule has 4 nitrogen and oxygen atoms in total.